The molecule has 120 valence electrons. The number of hydrogen-bond acceptors (Lipinski definition) is 4. The second-order valence-corrected chi connectivity index (χ2v) is 9.12. The molecule has 4 nitrogen and oxygen atoms in total. The molecule has 0 atom stereocenters. The van der Waals surface area contributed by atoms with Gasteiger partial charge in [0, 0.05) is 0 Å². The SMILES string of the molecule is CN1CCN(Cc2[se]c3c(c2Br)c(=O)oc2ccccc23)CC1. The summed E-state index contributed by atoms with van der Waals surface area (Å²) in [6.45, 7) is 5.33. The van der Waals surface area contributed by atoms with Gasteiger partial charge >= 0.3 is 149 Å². The van der Waals surface area contributed by atoms with E-state index in [0.29, 0.717) is 5.58 Å². The third-order valence-corrected chi connectivity index (χ3v) is 8.42. The van der Waals surface area contributed by atoms with Crippen LogP contribution in [0, 0.1) is 0 Å². The molecule has 1 aromatic carbocycles. The minimum absolute atomic E-state index is 0.174. The standard InChI is InChI=1S/C17H17BrN2O2Se/c1-19-6-8-20(9-7-19)10-13-15(18)14-16(23-13)11-4-2-3-5-12(11)22-17(14)21/h2-5H,6-10H2,1H3. The van der Waals surface area contributed by atoms with Crippen molar-refractivity contribution in [1.82, 2.24) is 9.80 Å². The molecule has 0 bridgehead atoms. The molecule has 1 aliphatic rings. The fourth-order valence-electron chi connectivity index (χ4n) is 3.03. The number of rotatable bonds is 2. The van der Waals surface area contributed by atoms with E-state index in [1.54, 1.807) is 0 Å². The van der Waals surface area contributed by atoms with Crippen molar-refractivity contribution in [2.45, 2.75) is 6.54 Å². The average Bonchev–Trinajstić information content (AvgIpc) is 2.87. The van der Waals surface area contributed by atoms with E-state index in [1.165, 1.54) is 8.70 Å². The van der Waals surface area contributed by atoms with Crippen LogP contribution in [0.3, 0.4) is 0 Å². The maximum atomic E-state index is 12.4. The third-order valence-electron chi connectivity index (χ3n) is 4.42. The molecule has 0 saturated carbocycles. The summed E-state index contributed by atoms with van der Waals surface area (Å²) in [5.41, 5.74) is 0.472. The van der Waals surface area contributed by atoms with E-state index in [9.17, 15) is 4.79 Å². The van der Waals surface area contributed by atoms with Crippen LogP contribution in [0.4, 0.5) is 0 Å². The number of nitrogens with zero attached hydrogens (tertiary/aromatic N) is 2. The van der Waals surface area contributed by atoms with Gasteiger partial charge in [0.05, 0.1) is 0 Å². The monoisotopic (exact) mass is 440 g/mol. The van der Waals surface area contributed by atoms with Crippen LogP contribution >= 0.6 is 15.9 Å². The van der Waals surface area contributed by atoms with E-state index in [1.807, 2.05) is 18.2 Å². The van der Waals surface area contributed by atoms with Crippen molar-refractivity contribution in [3.63, 3.8) is 0 Å². The molecule has 2 aromatic heterocycles. The molecule has 0 aliphatic carbocycles. The van der Waals surface area contributed by atoms with Gasteiger partial charge in [0.1, 0.15) is 0 Å². The summed E-state index contributed by atoms with van der Waals surface area (Å²) in [4.78, 5) is 17.2. The molecule has 6 heteroatoms. The van der Waals surface area contributed by atoms with Crippen LogP contribution in [0.15, 0.2) is 37.9 Å². The van der Waals surface area contributed by atoms with Crippen molar-refractivity contribution in [2.75, 3.05) is 33.2 Å². The number of likely N-dealkylation sites (N-methyl/N-ethyl adjacent to an activating group) is 1. The van der Waals surface area contributed by atoms with Gasteiger partial charge in [0.25, 0.3) is 0 Å². The second kappa shape index (κ2) is 6.19. The minimum atomic E-state index is -0.221. The topological polar surface area (TPSA) is 36.7 Å². The van der Waals surface area contributed by atoms with Crippen molar-refractivity contribution in [3.05, 3.63) is 43.6 Å². The molecule has 0 amide bonds. The van der Waals surface area contributed by atoms with Gasteiger partial charge < -0.3 is 0 Å². The molecule has 0 unspecified atom stereocenters. The average molecular weight is 440 g/mol. The second-order valence-electron chi connectivity index (χ2n) is 6.01. The predicted octanol–water partition coefficient (Wildman–Crippen LogP) is 2.51. The van der Waals surface area contributed by atoms with Gasteiger partial charge in [-0.25, -0.2) is 0 Å². The molecule has 1 fully saturated rings. The van der Waals surface area contributed by atoms with Crippen LogP contribution in [0.5, 0.6) is 0 Å². The van der Waals surface area contributed by atoms with Gasteiger partial charge in [-0.3, -0.25) is 0 Å². The molecule has 0 spiro atoms. The van der Waals surface area contributed by atoms with Gasteiger partial charge in [-0.1, -0.05) is 0 Å². The Labute approximate surface area is 148 Å². The number of halogens is 1. The first-order valence-electron chi connectivity index (χ1n) is 7.67. The van der Waals surface area contributed by atoms with Gasteiger partial charge in [-0.15, -0.1) is 0 Å². The Bertz CT molecular complexity index is 925. The first kappa shape index (κ1) is 15.6. The zero-order valence-electron chi connectivity index (χ0n) is 12.8. The summed E-state index contributed by atoms with van der Waals surface area (Å²) in [6, 6.07) is 7.84. The maximum absolute atomic E-state index is 12.4. The van der Waals surface area contributed by atoms with E-state index < -0.39 is 0 Å². The molecule has 3 aromatic rings. The van der Waals surface area contributed by atoms with E-state index in [2.05, 4.69) is 38.8 Å². The van der Waals surface area contributed by atoms with Crippen LogP contribution in [0.1, 0.15) is 4.44 Å². The number of hydrogen-bond donors (Lipinski definition) is 0. The summed E-state index contributed by atoms with van der Waals surface area (Å²) in [5.74, 6) is 0. The van der Waals surface area contributed by atoms with Crippen LogP contribution < -0.4 is 5.63 Å². The predicted molar refractivity (Wildman–Crippen MR) is 97.4 cm³/mol. The summed E-state index contributed by atoms with van der Waals surface area (Å²) in [6.07, 6.45) is 0. The zero-order chi connectivity index (χ0) is 16.0. The molecular weight excluding hydrogens is 423 g/mol. The van der Waals surface area contributed by atoms with E-state index >= 15 is 0 Å². The summed E-state index contributed by atoms with van der Waals surface area (Å²) >= 11 is 3.85. The number of benzene rings is 1. The third kappa shape index (κ3) is 2.83. The van der Waals surface area contributed by atoms with E-state index in [-0.39, 0.29) is 20.1 Å². The molecule has 1 aliphatic heterocycles. The normalized spacial score (nSPS) is 17.3. The number of para-hydroxylation sites is 1. The molecule has 1 saturated heterocycles. The number of fused-ring (bicyclic) bond motifs is 3. The fourth-order valence-corrected chi connectivity index (χ4v) is 6.86. The van der Waals surface area contributed by atoms with Crippen LogP contribution in [0.2, 0.25) is 0 Å². The molecular formula is C17H17BrN2O2Se. The Morgan fingerprint density at radius 3 is 2.74 bits per heavy atom. The molecule has 23 heavy (non-hydrogen) atoms. The van der Waals surface area contributed by atoms with Crippen molar-refractivity contribution >= 4 is 51.0 Å². The fraction of sp³-hybridized carbons (Fsp3) is 0.353. The van der Waals surface area contributed by atoms with Crippen LogP contribution in [-0.2, 0) is 6.54 Å². The quantitative estimate of drug-likeness (QED) is 0.454. The summed E-state index contributed by atoms with van der Waals surface area (Å²) < 4.78 is 8.98. The molecule has 0 N–H and O–H groups in total. The van der Waals surface area contributed by atoms with Gasteiger partial charge in [-0.05, 0) is 0 Å². The van der Waals surface area contributed by atoms with Crippen LogP contribution in [0.25, 0.3) is 20.6 Å². The van der Waals surface area contributed by atoms with Gasteiger partial charge in [0.2, 0.25) is 0 Å². The van der Waals surface area contributed by atoms with Crippen molar-refractivity contribution in [1.29, 1.82) is 0 Å². The Hall–Kier alpha value is -0.911. The molecule has 0 radical (unpaired) electrons. The molecule has 4 rings (SSSR count). The van der Waals surface area contributed by atoms with Crippen molar-refractivity contribution in [3.8, 4) is 0 Å². The first-order chi connectivity index (χ1) is 11.1. The first-order valence-corrected chi connectivity index (χ1v) is 10.2. The Morgan fingerprint density at radius 2 is 1.96 bits per heavy atom. The van der Waals surface area contributed by atoms with Crippen LogP contribution in [-0.4, -0.2) is 57.5 Å². The summed E-state index contributed by atoms with van der Waals surface area (Å²) in [7, 11) is 2.17. The van der Waals surface area contributed by atoms with Crippen molar-refractivity contribution in [2.24, 2.45) is 0 Å². The van der Waals surface area contributed by atoms with Crippen molar-refractivity contribution < 1.29 is 4.42 Å². The molecule has 3 heterocycles. The Kier molecular flexibility index (Phi) is 4.20. The Balaban J connectivity index is 1.79. The zero-order valence-corrected chi connectivity index (χ0v) is 16.1. The van der Waals surface area contributed by atoms with Gasteiger partial charge in [0.15, 0.2) is 0 Å². The Morgan fingerprint density at radius 1 is 1.22 bits per heavy atom. The number of piperazine rings is 1. The summed E-state index contributed by atoms with van der Waals surface area (Å²) in [5, 5.41) is 1.82. The van der Waals surface area contributed by atoms with E-state index in [0.717, 1.165) is 48.0 Å². The van der Waals surface area contributed by atoms with Gasteiger partial charge in [-0.2, -0.15) is 0 Å². The van der Waals surface area contributed by atoms with E-state index in [4.69, 9.17) is 4.42 Å².